The fourth-order valence-electron chi connectivity index (χ4n) is 1.13. The Balaban J connectivity index is 3.35. The Morgan fingerprint density at radius 1 is 1.62 bits per heavy atom. The topological polar surface area (TPSA) is 59.2 Å². The molecule has 0 spiro atoms. The SMILES string of the molecule is CCOC(=O)c1cc(I)[nH]c(=O)c1C(F)F. The summed E-state index contributed by atoms with van der Waals surface area (Å²) in [6.45, 7) is 1.61. The first-order valence-corrected chi connectivity index (χ1v) is 5.43. The van der Waals surface area contributed by atoms with Crippen molar-refractivity contribution < 1.29 is 18.3 Å². The van der Waals surface area contributed by atoms with Gasteiger partial charge >= 0.3 is 5.97 Å². The summed E-state index contributed by atoms with van der Waals surface area (Å²) in [4.78, 5) is 24.8. The summed E-state index contributed by atoms with van der Waals surface area (Å²) < 4.78 is 30.1. The van der Waals surface area contributed by atoms with Gasteiger partial charge in [0.2, 0.25) is 0 Å². The minimum absolute atomic E-state index is 0.0604. The van der Waals surface area contributed by atoms with Crippen LogP contribution in [0.1, 0.15) is 29.3 Å². The van der Waals surface area contributed by atoms with Crippen LogP contribution in [0.5, 0.6) is 0 Å². The van der Waals surface area contributed by atoms with Gasteiger partial charge in [-0.15, -0.1) is 0 Å². The van der Waals surface area contributed by atoms with Crippen LogP contribution in [0, 0.1) is 3.70 Å². The number of ether oxygens (including phenoxy) is 1. The van der Waals surface area contributed by atoms with Crippen molar-refractivity contribution in [3.63, 3.8) is 0 Å². The molecule has 0 amide bonds. The molecule has 0 bridgehead atoms. The van der Waals surface area contributed by atoms with Crippen molar-refractivity contribution in [1.29, 1.82) is 0 Å². The maximum Gasteiger partial charge on any atom is 0.338 e. The van der Waals surface area contributed by atoms with Crippen molar-refractivity contribution in [2.45, 2.75) is 13.3 Å². The Morgan fingerprint density at radius 3 is 2.75 bits per heavy atom. The second-order valence-corrected chi connectivity index (χ2v) is 3.96. The van der Waals surface area contributed by atoms with Crippen LogP contribution in [0.25, 0.3) is 0 Å². The Bertz CT molecular complexity index is 459. The third-order valence-electron chi connectivity index (χ3n) is 1.75. The van der Waals surface area contributed by atoms with E-state index in [0.29, 0.717) is 3.70 Å². The molecule has 1 heterocycles. The number of H-pyrrole nitrogens is 1. The highest BCUT2D eigenvalue weighted by Crippen LogP contribution is 2.20. The first kappa shape index (κ1) is 13.1. The van der Waals surface area contributed by atoms with Gasteiger partial charge in [0.1, 0.15) is 0 Å². The van der Waals surface area contributed by atoms with Crippen molar-refractivity contribution in [2.24, 2.45) is 0 Å². The summed E-state index contributed by atoms with van der Waals surface area (Å²) in [5, 5.41) is 0. The second-order valence-electron chi connectivity index (χ2n) is 2.79. The molecule has 0 saturated heterocycles. The first-order chi connectivity index (χ1) is 7.47. The van der Waals surface area contributed by atoms with Crippen LogP contribution >= 0.6 is 22.6 Å². The van der Waals surface area contributed by atoms with E-state index in [1.54, 1.807) is 29.5 Å². The molecule has 0 atom stereocenters. The number of pyridine rings is 1. The number of rotatable bonds is 3. The van der Waals surface area contributed by atoms with Gasteiger partial charge in [0.25, 0.3) is 12.0 Å². The fraction of sp³-hybridized carbons (Fsp3) is 0.333. The molecule has 1 aromatic heterocycles. The number of carbonyl (C=O) groups is 1. The molecule has 0 fully saturated rings. The lowest BCUT2D eigenvalue weighted by Gasteiger charge is -2.07. The van der Waals surface area contributed by atoms with Crippen LogP contribution in [0.15, 0.2) is 10.9 Å². The number of aromatic nitrogens is 1. The zero-order chi connectivity index (χ0) is 12.3. The molecule has 7 heteroatoms. The summed E-state index contributed by atoms with van der Waals surface area (Å²) in [6, 6.07) is 1.17. The second kappa shape index (κ2) is 5.37. The first-order valence-electron chi connectivity index (χ1n) is 4.35. The third-order valence-corrected chi connectivity index (χ3v) is 2.33. The number of nitrogens with one attached hydrogen (secondary N) is 1. The standard InChI is InChI=1S/C9H8F2INO3/c1-2-16-9(15)4-3-5(12)13-8(14)6(4)7(10)11/h3,7H,2H2,1H3,(H,13,14). The Morgan fingerprint density at radius 2 is 2.25 bits per heavy atom. The predicted octanol–water partition coefficient (Wildman–Crippen LogP) is 2.09. The minimum atomic E-state index is -3.01. The molecular formula is C9H8F2INO3. The molecule has 88 valence electrons. The average Bonchev–Trinajstić information content (AvgIpc) is 2.15. The van der Waals surface area contributed by atoms with E-state index in [9.17, 15) is 18.4 Å². The molecule has 1 N–H and O–H groups in total. The molecule has 16 heavy (non-hydrogen) atoms. The summed E-state index contributed by atoms with van der Waals surface area (Å²) in [6.07, 6.45) is -3.01. The highest BCUT2D eigenvalue weighted by molar-refractivity contribution is 14.1. The van der Waals surface area contributed by atoms with Crippen molar-refractivity contribution >= 4 is 28.6 Å². The number of hydrogen-bond acceptors (Lipinski definition) is 3. The van der Waals surface area contributed by atoms with E-state index in [-0.39, 0.29) is 12.2 Å². The van der Waals surface area contributed by atoms with Crippen LogP contribution in [0.2, 0.25) is 0 Å². The van der Waals surface area contributed by atoms with E-state index >= 15 is 0 Å². The van der Waals surface area contributed by atoms with Gasteiger partial charge in [-0.25, -0.2) is 13.6 Å². The molecule has 0 aliphatic heterocycles. The maximum atomic E-state index is 12.6. The van der Waals surface area contributed by atoms with Crippen molar-refractivity contribution in [3.05, 3.63) is 31.2 Å². The Hall–Kier alpha value is -0.990. The van der Waals surface area contributed by atoms with E-state index in [4.69, 9.17) is 0 Å². The van der Waals surface area contributed by atoms with Crippen molar-refractivity contribution in [1.82, 2.24) is 4.98 Å². The smallest absolute Gasteiger partial charge is 0.338 e. The van der Waals surface area contributed by atoms with Gasteiger partial charge in [0.05, 0.1) is 21.4 Å². The minimum Gasteiger partial charge on any atom is -0.462 e. The summed E-state index contributed by atoms with van der Waals surface area (Å²) >= 11 is 1.72. The van der Waals surface area contributed by atoms with Crippen LogP contribution < -0.4 is 5.56 Å². The zero-order valence-electron chi connectivity index (χ0n) is 8.22. The van der Waals surface area contributed by atoms with E-state index in [0.717, 1.165) is 0 Å². The fourth-order valence-corrected chi connectivity index (χ4v) is 1.69. The molecule has 0 aliphatic carbocycles. The summed E-state index contributed by atoms with van der Waals surface area (Å²) in [5.74, 6) is -0.915. The highest BCUT2D eigenvalue weighted by atomic mass is 127. The third kappa shape index (κ3) is 2.77. The van der Waals surface area contributed by atoms with Crippen LogP contribution in [-0.4, -0.2) is 17.6 Å². The lowest BCUT2D eigenvalue weighted by Crippen LogP contribution is -2.21. The predicted molar refractivity (Wildman–Crippen MR) is 60.7 cm³/mol. The lowest BCUT2D eigenvalue weighted by molar-refractivity contribution is 0.0514. The number of halogens is 3. The summed E-state index contributed by atoms with van der Waals surface area (Å²) in [7, 11) is 0. The molecule has 1 rings (SSSR count). The van der Waals surface area contributed by atoms with Crippen LogP contribution in [0.3, 0.4) is 0 Å². The number of esters is 1. The molecule has 0 aliphatic rings. The van der Waals surface area contributed by atoms with E-state index < -0.39 is 23.5 Å². The van der Waals surface area contributed by atoms with Gasteiger partial charge in [-0.05, 0) is 35.6 Å². The lowest BCUT2D eigenvalue weighted by atomic mass is 10.1. The van der Waals surface area contributed by atoms with Crippen LogP contribution in [0.4, 0.5) is 8.78 Å². The van der Waals surface area contributed by atoms with E-state index in [1.165, 1.54) is 6.07 Å². The van der Waals surface area contributed by atoms with E-state index in [2.05, 4.69) is 9.72 Å². The summed E-state index contributed by atoms with van der Waals surface area (Å²) in [5.41, 5.74) is -2.20. The zero-order valence-corrected chi connectivity index (χ0v) is 10.4. The molecule has 0 radical (unpaired) electrons. The Labute approximate surface area is 103 Å². The largest absolute Gasteiger partial charge is 0.462 e. The highest BCUT2D eigenvalue weighted by Gasteiger charge is 2.23. The molecule has 0 unspecified atom stereocenters. The monoisotopic (exact) mass is 343 g/mol. The van der Waals surface area contributed by atoms with Gasteiger partial charge < -0.3 is 9.72 Å². The molecule has 1 aromatic rings. The number of aromatic amines is 1. The normalized spacial score (nSPS) is 10.6. The molecule has 0 aromatic carbocycles. The van der Waals surface area contributed by atoms with E-state index in [1.807, 2.05) is 0 Å². The van der Waals surface area contributed by atoms with Gasteiger partial charge in [0, 0.05) is 0 Å². The molecular weight excluding hydrogens is 335 g/mol. The molecule has 4 nitrogen and oxygen atoms in total. The van der Waals surface area contributed by atoms with Crippen molar-refractivity contribution in [2.75, 3.05) is 6.61 Å². The quantitative estimate of drug-likeness (QED) is 0.520. The van der Waals surface area contributed by atoms with Gasteiger partial charge in [-0.3, -0.25) is 4.79 Å². The van der Waals surface area contributed by atoms with Crippen molar-refractivity contribution in [3.8, 4) is 0 Å². The van der Waals surface area contributed by atoms with Gasteiger partial charge in [-0.2, -0.15) is 0 Å². The van der Waals surface area contributed by atoms with Gasteiger partial charge in [0.15, 0.2) is 0 Å². The number of hydrogen-bond donors (Lipinski definition) is 1. The van der Waals surface area contributed by atoms with Crippen LogP contribution in [-0.2, 0) is 4.74 Å². The number of carbonyl (C=O) groups excluding carboxylic acids is 1. The van der Waals surface area contributed by atoms with Gasteiger partial charge in [-0.1, -0.05) is 0 Å². The Kier molecular flexibility index (Phi) is 4.39. The molecule has 0 saturated carbocycles. The number of alkyl halides is 2. The average molecular weight is 343 g/mol. The maximum absolute atomic E-state index is 12.6.